The Bertz CT molecular complexity index is 1070. The zero-order valence-electron chi connectivity index (χ0n) is 15.9. The quantitative estimate of drug-likeness (QED) is 0.739. The second kappa shape index (κ2) is 7.90. The molecular weight excluding hydrogens is 373 g/mol. The highest BCUT2D eigenvalue weighted by molar-refractivity contribution is 5.98. The summed E-state index contributed by atoms with van der Waals surface area (Å²) in [5.74, 6) is -0.714. The first-order valence-corrected chi connectivity index (χ1v) is 9.44. The van der Waals surface area contributed by atoms with Gasteiger partial charge in [0.2, 0.25) is 0 Å². The summed E-state index contributed by atoms with van der Waals surface area (Å²) in [6.07, 6.45) is 5.79. The van der Waals surface area contributed by atoms with E-state index in [2.05, 4.69) is 20.3 Å². The fourth-order valence-corrected chi connectivity index (χ4v) is 3.53. The molecule has 0 atom stereocenters. The second-order valence-corrected chi connectivity index (χ2v) is 7.09. The van der Waals surface area contributed by atoms with Gasteiger partial charge >= 0.3 is 0 Å². The number of piperidine rings is 1. The zero-order valence-corrected chi connectivity index (χ0v) is 15.9. The van der Waals surface area contributed by atoms with Gasteiger partial charge in [0.1, 0.15) is 11.5 Å². The Morgan fingerprint density at radius 2 is 1.97 bits per heavy atom. The molecule has 2 aromatic heterocycles. The third-order valence-corrected chi connectivity index (χ3v) is 5.11. The monoisotopic (exact) mass is 393 g/mol. The van der Waals surface area contributed by atoms with Gasteiger partial charge in [0, 0.05) is 43.0 Å². The molecule has 3 aromatic rings. The molecule has 0 radical (unpaired) electrons. The first kappa shape index (κ1) is 18.9. The minimum absolute atomic E-state index is 0.0308. The molecule has 1 saturated heterocycles. The van der Waals surface area contributed by atoms with Crippen LogP contribution in [0.25, 0.3) is 10.9 Å². The van der Waals surface area contributed by atoms with Crippen molar-refractivity contribution in [3.8, 4) is 0 Å². The summed E-state index contributed by atoms with van der Waals surface area (Å²) in [7, 11) is 0. The molecule has 1 aromatic carbocycles. The summed E-state index contributed by atoms with van der Waals surface area (Å²) in [6.45, 7) is 2.81. The number of fused-ring (bicyclic) bond motifs is 1. The van der Waals surface area contributed by atoms with E-state index in [0.717, 1.165) is 0 Å². The number of hydrogen-bond donors (Lipinski definition) is 1. The molecule has 8 heteroatoms. The van der Waals surface area contributed by atoms with Gasteiger partial charge in [0.15, 0.2) is 0 Å². The Kier molecular flexibility index (Phi) is 5.16. The van der Waals surface area contributed by atoms with Crippen molar-refractivity contribution in [3.05, 3.63) is 65.6 Å². The van der Waals surface area contributed by atoms with Crippen LogP contribution in [0.4, 0.5) is 4.39 Å². The first-order chi connectivity index (χ1) is 14.0. The molecule has 1 fully saturated rings. The van der Waals surface area contributed by atoms with Crippen molar-refractivity contribution >= 4 is 22.7 Å². The molecule has 148 valence electrons. The number of aryl methyl sites for hydroxylation is 1. The fraction of sp³-hybridized carbons (Fsp3) is 0.286. The third kappa shape index (κ3) is 4.06. The molecule has 0 spiro atoms. The van der Waals surface area contributed by atoms with Gasteiger partial charge in [-0.1, -0.05) is 0 Å². The van der Waals surface area contributed by atoms with E-state index in [1.807, 2.05) is 0 Å². The standard InChI is InChI=1S/C21H20FN5O2/c1-13-17(10-14-2-3-15(22)11-18(14)25-13)20(28)26-16-4-8-27(9-5-16)21(29)19-12-23-6-7-24-19/h2-3,6-7,10-12,16H,4-5,8-9H2,1H3,(H,26,28). The van der Waals surface area contributed by atoms with Gasteiger partial charge in [0.25, 0.3) is 11.8 Å². The number of likely N-dealkylation sites (tertiary alicyclic amines) is 1. The average Bonchev–Trinajstić information content (AvgIpc) is 2.73. The third-order valence-electron chi connectivity index (χ3n) is 5.11. The summed E-state index contributed by atoms with van der Waals surface area (Å²) in [4.78, 5) is 39.3. The topological polar surface area (TPSA) is 88.1 Å². The van der Waals surface area contributed by atoms with Crippen LogP contribution in [0.1, 0.15) is 39.4 Å². The fourth-order valence-electron chi connectivity index (χ4n) is 3.53. The molecule has 29 heavy (non-hydrogen) atoms. The number of nitrogens with one attached hydrogen (secondary N) is 1. The van der Waals surface area contributed by atoms with Crippen LogP contribution in [0.2, 0.25) is 0 Å². The number of carbonyl (C=O) groups excluding carboxylic acids is 2. The van der Waals surface area contributed by atoms with Crippen LogP contribution in [0.5, 0.6) is 0 Å². The van der Waals surface area contributed by atoms with Gasteiger partial charge in [-0.3, -0.25) is 19.6 Å². The highest BCUT2D eigenvalue weighted by atomic mass is 19.1. The second-order valence-electron chi connectivity index (χ2n) is 7.09. The van der Waals surface area contributed by atoms with E-state index in [4.69, 9.17) is 0 Å². The van der Waals surface area contributed by atoms with E-state index >= 15 is 0 Å². The number of carbonyl (C=O) groups is 2. The predicted octanol–water partition coefficient (Wildman–Crippen LogP) is 2.51. The first-order valence-electron chi connectivity index (χ1n) is 9.44. The molecule has 1 aliphatic rings. The van der Waals surface area contributed by atoms with Crippen molar-refractivity contribution in [2.24, 2.45) is 0 Å². The highest BCUT2D eigenvalue weighted by Crippen LogP contribution is 2.19. The van der Waals surface area contributed by atoms with Crippen molar-refractivity contribution in [2.75, 3.05) is 13.1 Å². The van der Waals surface area contributed by atoms with E-state index in [-0.39, 0.29) is 23.7 Å². The minimum Gasteiger partial charge on any atom is -0.349 e. The summed E-state index contributed by atoms with van der Waals surface area (Å²) < 4.78 is 13.4. The van der Waals surface area contributed by atoms with Crippen molar-refractivity contribution < 1.29 is 14.0 Å². The van der Waals surface area contributed by atoms with Crippen LogP contribution in [-0.4, -0.2) is 50.8 Å². The van der Waals surface area contributed by atoms with Crippen LogP contribution in [-0.2, 0) is 0 Å². The molecule has 0 saturated carbocycles. The molecule has 0 aliphatic carbocycles. The smallest absolute Gasteiger partial charge is 0.274 e. The summed E-state index contributed by atoms with van der Waals surface area (Å²) in [5.41, 5.74) is 1.87. The molecule has 0 bridgehead atoms. The minimum atomic E-state index is -0.357. The van der Waals surface area contributed by atoms with Gasteiger partial charge in [0.05, 0.1) is 23.0 Å². The lowest BCUT2D eigenvalue weighted by atomic mass is 10.0. The van der Waals surface area contributed by atoms with E-state index < -0.39 is 0 Å². The van der Waals surface area contributed by atoms with E-state index in [0.29, 0.717) is 53.8 Å². The number of hydrogen-bond acceptors (Lipinski definition) is 5. The van der Waals surface area contributed by atoms with Crippen molar-refractivity contribution in [3.63, 3.8) is 0 Å². The van der Waals surface area contributed by atoms with Crippen molar-refractivity contribution in [2.45, 2.75) is 25.8 Å². The van der Waals surface area contributed by atoms with E-state index in [9.17, 15) is 14.0 Å². The lowest BCUT2D eigenvalue weighted by Crippen LogP contribution is -2.46. The van der Waals surface area contributed by atoms with Gasteiger partial charge in [-0.2, -0.15) is 0 Å². The predicted molar refractivity (Wildman–Crippen MR) is 105 cm³/mol. The summed E-state index contributed by atoms with van der Waals surface area (Å²) >= 11 is 0. The van der Waals surface area contributed by atoms with E-state index in [1.54, 1.807) is 24.0 Å². The Hall–Kier alpha value is -3.42. The number of benzene rings is 1. The number of halogens is 1. The molecule has 7 nitrogen and oxygen atoms in total. The lowest BCUT2D eigenvalue weighted by molar-refractivity contribution is 0.0692. The van der Waals surface area contributed by atoms with Crippen LogP contribution in [0.15, 0.2) is 42.9 Å². The Balaban J connectivity index is 1.40. The Morgan fingerprint density at radius 3 is 2.69 bits per heavy atom. The number of aromatic nitrogens is 3. The molecule has 4 rings (SSSR count). The van der Waals surface area contributed by atoms with Crippen LogP contribution < -0.4 is 5.32 Å². The number of nitrogens with zero attached hydrogens (tertiary/aromatic N) is 4. The largest absolute Gasteiger partial charge is 0.349 e. The maximum Gasteiger partial charge on any atom is 0.274 e. The molecule has 3 heterocycles. The van der Waals surface area contributed by atoms with Crippen LogP contribution in [0, 0.1) is 12.7 Å². The lowest BCUT2D eigenvalue weighted by Gasteiger charge is -2.32. The maximum atomic E-state index is 13.4. The zero-order chi connectivity index (χ0) is 20.4. The number of pyridine rings is 1. The summed E-state index contributed by atoms with van der Waals surface area (Å²) in [5, 5.41) is 3.75. The molecule has 0 unspecified atom stereocenters. The van der Waals surface area contributed by atoms with Crippen molar-refractivity contribution in [1.82, 2.24) is 25.2 Å². The maximum absolute atomic E-state index is 13.4. The average molecular weight is 393 g/mol. The summed E-state index contributed by atoms with van der Waals surface area (Å²) in [6, 6.07) is 6.03. The van der Waals surface area contributed by atoms with Gasteiger partial charge in [-0.05, 0) is 38.0 Å². The van der Waals surface area contributed by atoms with Crippen LogP contribution in [0.3, 0.4) is 0 Å². The number of rotatable bonds is 3. The van der Waals surface area contributed by atoms with Crippen LogP contribution >= 0.6 is 0 Å². The number of amides is 2. The molecule has 1 N–H and O–H groups in total. The van der Waals surface area contributed by atoms with Gasteiger partial charge < -0.3 is 10.2 Å². The van der Waals surface area contributed by atoms with Gasteiger partial charge in [-0.15, -0.1) is 0 Å². The van der Waals surface area contributed by atoms with Crippen molar-refractivity contribution in [1.29, 1.82) is 0 Å². The normalized spacial score (nSPS) is 14.8. The Morgan fingerprint density at radius 1 is 1.17 bits per heavy atom. The molecule has 2 amide bonds. The highest BCUT2D eigenvalue weighted by Gasteiger charge is 2.26. The molecular formula is C21H20FN5O2. The SMILES string of the molecule is Cc1nc2cc(F)ccc2cc1C(=O)NC1CCN(C(=O)c2cnccn2)CC1. The molecule has 1 aliphatic heterocycles. The van der Waals surface area contributed by atoms with E-state index in [1.165, 1.54) is 30.7 Å². The Labute approximate surface area is 167 Å². The van der Waals surface area contributed by atoms with Gasteiger partial charge in [-0.25, -0.2) is 9.37 Å².